The zero-order valence-electron chi connectivity index (χ0n) is 6.04. The number of aromatic nitrogens is 2. The number of aryl methyl sites for hydroxylation is 1. The number of hydrogen-bond acceptors (Lipinski definition) is 2. The molecule has 3 nitrogen and oxygen atoms in total. The highest BCUT2D eigenvalue weighted by molar-refractivity contribution is 4.78. The van der Waals surface area contributed by atoms with Crippen molar-refractivity contribution in [3.8, 4) is 0 Å². The summed E-state index contributed by atoms with van der Waals surface area (Å²) in [6.07, 6.45) is 4.55. The van der Waals surface area contributed by atoms with Gasteiger partial charge in [0.15, 0.2) is 0 Å². The summed E-state index contributed by atoms with van der Waals surface area (Å²) in [5.74, 6) is 0. The Balaban J connectivity index is 2.92. The maximum atomic E-state index is 7.33. The van der Waals surface area contributed by atoms with Crippen molar-refractivity contribution < 1.29 is 0 Å². The summed E-state index contributed by atoms with van der Waals surface area (Å²) < 4.78 is 1.82. The van der Waals surface area contributed by atoms with Crippen molar-refractivity contribution in [3.05, 3.63) is 24.1 Å². The fourth-order valence-electron chi connectivity index (χ4n) is 0.822. The zero-order chi connectivity index (χ0) is 7.40. The molecule has 3 heteroatoms. The number of hydrogen-bond donors (Lipinski definition) is 1. The molecule has 1 heterocycles. The van der Waals surface area contributed by atoms with Crippen LogP contribution in [0.25, 0.3) is 0 Å². The molecule has 0 atom stereocenters. The molecule has 10 heavy (non-hydrogen) atoms. The molecule has 1 N–H and O–H groups in total. The van der Waals surface area contributed by atoms with Gasteiger partial charge in [0, 0.05) is 18.9 Å². The molecule has 0 saturated carbocycles. The molecule has 0 unspecified atom stereocenters. The van der Waals surface area contributed by atoms with Gasteiger partial charge in [-0.1, -0.05) is 6.92 Å². The number of nitrogens with zero attached hydrogens (tertiary/aromatic N) is 2. The van der Waals surface area contributed by atoms with Crippen LogP contribution in [-0.4, -0.2) is 9.55 Å². The molecule has 0 radical (unpaired) electrons. The average molecular weight is 137 g/mol. The van der Waals surface area contributed by atoms with Crippen molar-refractivity contribution in [1.82, 2.24) is 9.55 Å². The predicted octanol–water partition coefficient (Wildman–Crippen LogP) is 0.773. The van der Waals surface area contributed by atoms with Gasteiger partial charge < -0.3 is 4.57 Å². The molecule has 1 rings (SSSR count). The zero-order valence-corrected chi connectivity index (χ0v) is 6.04. The van der Waals surface area contributed by atoms with Gasteiger partial charge in [0.05, 0.1) is 0 Å². The van der Waals surface area contributed by atoms with Gasteiger partial charge in [-0.05, 0) is 12.5 Å². The lowest BCUT2D eigenvalue weighted by atomic mass is 10.5. The van der Waals surface area contributed by atoms with E-state index < -0.39 is 0 Å². The van der Waals surface area contributed by atoms with Crippen LogP contribution in [0.5, 0.6) is 0 Å². The highest BCUT2D eigenvalue weighted by Crippen LogP contribution is 1.82. The van der Waals surface area contributed by atoms with Crippen LogP contribution in [0.4, 0.5) is 0 Å². The normalized spacial score (nSPS) is 9.70. The van der Waals surface area contributed by atoms with E-state index in [2.05, 4.69) is 11.9 Å². The molecule has 0 bridgehead atoms. The Morgan fingerprint density at radius 1 is 1.70 bits per heavy atom. The third kappa shape index (κ3) is 1.43. The van der Waals surface area contributed by atoms with E-state index in [1.54, 1.807) is 6.20 Å². The second kappa shape index (κ2) is 3.15. The van der Waals surface area contributed by atoms with E-state index in [0.717, 1.165) is 13.0 Å². The first-order valence-corrected chi connectivity index (χ1v) is 3.40. The Hall–Kier alpha value is -1.12. The van der Waals surface area contributed by atoms with E-state index in [9.17, 15) is 0 Å². The van der Waals surface area contributed by atoms with Gasteiger partial charge in [-0.15, -0.1) is 0 Å². The number of rotatable bonds is 2. The molecular formula is C7H11N3. The first-order chi connectivity index (χ1) is 4.84. The Morgan fingerprint density at radius 3 is 3.10 bits per heavy atom. The Labute approximate surface area is 59.9 Å². The van der Waals surface area contributed by atoms with Crippen molar-refractivity contribution in [2.75, 3.05) is 0 Å². The smallest absolute Gasteiger partial charge is 0.221 e. The molecular weight excluding hydrogens is 126 g/mol. The van der Waals surface area contributed by atoms with Crippen molar-refractivity contribution >= 4 is 0 Å². The molecule has 54 valence electrons. The van der Waals surface area contributed by atoms with Gasteiger partial charge in [-0.2, -0.15) is 0 Å². The molecule has 1 aromatic heterocycles. The van der Waals surface area contributed by atoms with Gasteiger partial charge in [0.25, 0.3) is 0 Å². The summed E-state index contributed by atoms with van der Waals surface area (Å²) in [5, 5.41) is 7.33. The average Bonchev–Trinajstić information content (AvgIpc) is 1.94. The van der Waals surface area contributed by atoms with Crippen LogP contribution in [0.3, 0.4) is 0 Å². The van der Waals surface area contributed by atoms with E-state index in [-0.39, 0.29) is 0 Å². The van der Waals surface area contributed by atoms with Crippen molar-refractivity contribution in [3.63, 3.8) is 0 Å². The number of nitrogens with one attached hydrogen (secondary N) is 1. The van der Waals surface area contributed by atoms with Crippen LogP contribution in [-0.2, 0) is 6.54 Å². The lowest BCUT2D eigenvalue weighted by Gasteiger charge is -2.00. The highest BCUT2D eigenvalue weighted by atomic mass is 15.0. The molecule has 1 aromatic rings. The minimum Gasteiger partial charge on any atom is -0.318 e. The first-order valence-electron chi connectivity index (χ1n) is 3.40. The monoisotopic (exact) mass is 137 g/mol. The fraction of sp³-hybridized carbons (Fsp3) is 0.429. The van der Waals surface area contributed by atoms with Crippen LogP contribution in [0, 0.1) is 5.41 Å². The molecule has 0 aliphatic rings. The topological polar surface area (TPSA) is 41.7 Å². The van der Waals surface area contributed by atoms with Crippen LogP contribution in [0.1, 0.15) is 13.3 Å². The maximum absolute atomic E-state index is 7.33. The van der Waals surface area contributed by atoms with E-state index >= 15 is 0 Å². The molecule has 0 fully saturated rings. The summed E-state index contributed by atoms with van der Waals surface area (Å²) in [5.41, 5.74) is 0.337. The van der Waals surface area contributed by atoms with Crippen molar-refractivity contribution in [2.45, 2.75) is 19.9 Å². The summed E-state index contributed by atoms with van der Waals surface area (Å²) in [7, 11) is 0. The largest absolute Gasteiger partial charge is 0.318 e. The first kappa shape index (κ1) is 6.99. The highest BCUT2D eigenvalue weighted by Gasteiger charge is 1.86. The van der Waals surface area contributed by atoms with Gasteiger partial charge in [-0.3, -0.25) is 5.41 Å². The third-order valence-corrected chi connectivity index (χ3v) is 1.29. The molecule has 0 aliphatic heterocycles. The summed E-state index contributed by atoms with van der Waals surface area (Å²) in [4.78, 5) is 3.83. The second-order valence-electron chi connectivity index (χ2n) is 2.14. The van der Waals surface area contributed by atoms with E-state index in [1.807, 2.05) is 16.8 Å². The lowest BCUT2D eigenvalue weighted by Crippen LogP contribution is -2.21. The maximum Gasteiger partial charge on any atom is 0.221 e. The van der Waals surface area contributed by atoms with Gasteiger partial charge in [0.2, 0.25) is 5.62 Å². The molecule has 0 saturated heterocycles. The fourth-order valence-corrected chi connectivity index (χ4v) is 0.822. The summed E-state index contributed by atoms with van der Waals surface area (Å²) >= 11 is 0. The minimum atomic E-state index is 0.337. The van der Waals surface area contributed by atoms with E-state index in [0.29, 0.717) is 5.62 Å². The van der Waals surface area contributed by atoms with Crippen LogP contribution < -0.4 is 5.62 Å². The van der Waals surface area contributed by atoms with Gasteiger partial charge in [-0.25, -0.2) is 4.98 Å². The Morgan fingerprint density at radius 2 is 2.50 bits per heavy atom. The Kier molecular flexibility index (Phi) is 2.20. The van der Waals surface area contributed by atoms with Gasteiger partial charge >= 0.3 is 0 Å². The van der Waals surface area contributed by atoms with E-state index in [4.69, 9.17) is 5.41 Å². The molecule has 0 aromatic carbocycles. The third-order valence-electron chi connectivity index (χ3n) is 1.29. The summed E-state index contributed by atoms with van der Waals surface area (Å²) in [6, 6.07) is 1.84. The minimum absolute atomic E-state index is 0.337. The van der Waals surface area contributed by atoms with Crippen molar-refractivity contribution in [2.24, 2.45) is 0 Å². The SMILES string of the molecule is CCCn1cccnc1=N. The Bertz CT molecular complexity index is 251. The van der Waals surface area contributed by atoms with E-state index in [1.165, 1.54) is 0 Å². The van der Waals surface area contributed by atoms with Crippen molar-refractivity contribution in [1.29, 1.82) is 5.41 Å². The lowest BCUT2D eigenvalue weighted by molar-refractivity contribution is 0.615. The van der Waals surface area contributed by atoms with Crippen LogP contribution in [0.15, 0.2) is 18.5 Å². The molecule has 0 aliphatic carbocycles. The summed E-state index contributed by atoms with van der Waals surface area (Å²) in [6.45, 7) is 2.96. The molecule has 0 spiro atoms. The van der Waals surface area contributed by atoms with Crippen LogP contribution in [0.2, 0.25) is 0 Å². The van der Waals surface area contributed by atoms with Gasteiger partial charge in [0.1, 0.15) is 0 Å². The predicted molar refractivity (Wildman–Crippen MR) is 38.4 cm³/mol. The quantitative estimate of drug-likeness (QED) is 0.642. The molecule has 0 amide bonds. The standard InChI is InChI=1S/C7H11N3/c1-2-5-10-6-3-4-9-7(10)8/h3-4,6,8H,2,5H2,1H3. The second-order valence-corrected chi connectivity index (χ2v) is 2.14. The van der Waals surface area contributed by atoms with Crippen LogP contribution >= 0.6 is 0 Å².